The van der Waals surface area contributed by atoms with Gasteiger partial charge in [0.05, 0.1) is 11.0 Å². The van der Waals surface area contributed by atoms with Crippen molar-refractivity contribution in [1.29, 1.82) is 0 Å². The molecule has 3 aliphatic rings. The van der Waals surface area contributed by atoms with Crippen LogP contribution in [0.25, 0.3) is 0 Å². The van der Waals surface area contributed by atoms with Crippen LogP contribution < -0.4 is 5.73 Å². The van der Waals surface area contributed by atoms with Crippen molar-refractivity contribution in [2.24, 2.45) is 17.1 Å². The van der Waals surface area contributed by atoms with E-state index in [1.807, 2.05) is 13.8 Å². The quantitative estimate of drug-likeness (QED) is 0.522. The highest BCUT2D eigenvalue weighted by atomic mass is 19.4. The molecule has 1 saturated heterocycles. The Morgan fingerprint density at radius 1 is 1.10 bits per heavy atom. The number of hydrogen-bond donors (Lipinski definition) is 1. The van der Waals surface area contributed by atoms with Crippen LogP contribution in [-0.4, -0.2) is 59.6 Å². The summed E-state index contributed by atoms with van der Waals surface area (Å²) in [7, 11) is 0. The van der Waals surface area contributed by atoms with Gasteiger partial charge in [-0.25, -0.2) is 0 Å². The average Bonchev–Trinajstić information content (AvgIpc) is 3.33. The molecule has 1 aromatic carbocycles. The molecule has 2 N–H and O–H groups in total. The van der Waals surface area contributed by atoms with E-state index in [1.165, 1.54) is 4.90 Å². The Bertz CT molecular complexity index is 1080. The molecule has 4 rings (SSSR count). The first kappa shape index (κ1) is 29.6. The molecule has 1 aliphatic carbocycles. The van der Waals surface area contributed by atoms with E-state index in [-0.39, 0.29) is 70.4 Å². The second-order valence-electron chi connectivity index (χ2n) is 11.2. The van der Waals surface area contributed by atoms with Crippen LogP contribution in [-0.2, 0) is 40.0 Å². The van der Waals surface area contributed by atoms with Crippen LogP contribution in [0.3, 0.4) is 0 Å². The third-order valence-electron chi connectivity index (χ3n) is 8.77. The number of carbonyl (C=O) groups is 2. The van der Waals surface area contributed by atoms with Gasteiger partial charge in [0.2, 0.25) is 5.91 Å². The molecule has 218 valence electrons. The van der Waals surface area contributed by atoms with E-state index in [4.69, 9.17) is 10.5 Å². The normalized spacial score (nSPS) is 24.7. The Morgan fingerprint density at radius 3 is 2.33 bits per heavy atom. The molecule has 2 atom stereocenters. The minimum atomic E-state index is -5.04. The van der Waals surface area contributed by atoms with E-state index < -0.39 is 41.3 Å². The number of ether oxygens (including phenoxy) is 1. The molecular weight excluding hydrogens is 528 g/mol. The van der Waals surface area contributed by atoms with Gasteiger partial charge in [-0.3, -0.25) is 9.59 Å². The number of halogens is 6. The maximum Gasteiger partial charge on any atom is 0.471 e. The Hall–Kier alpha value is -2.34. The van der Waals surface area contributed by atoms with E-state index in [0.717, 1.165) is 17.0 Å². The molecule has 2 aliphatic heterocycles. The van der Waals surface area contributed by atoms with Crippen molar-refractivity contribution in [3.8, 4) is 0 Å². The van der Waals surface area contributed by atoms with Crippen molar-refractivity contribution in [3.05, 3.63) is 34.4 Å². The number of fused-ring (bicyclic) bond motifs is 1. The van der Waals surface area contributed by atoms with Gasteiger partial charge in [0, 0.05) is 44.9 Å². The highest BCUT2D eigenvalue weighted by molar-refractivity contribution is 5.85. The van der Waals surface area contributed by atoms with E-state index in [1.54, 1.807) is 0 Å². The standard InChI is InChI=1S/C27H35F6N3O3/c1-16(2)25(7-3-21(13-25)36(24(38)27(31,32)33)20-5-9-39-10-6-20)23(37)35-8-4-22-17(14-34)11-19(26(28,29)30)12-18(22)15-35/h11-12,16,20-21H,3-10,13-15,34H2,1-2H3/t21-,25+/m1/s1. The van der Waals surface area contributed by atoms with Gasteiger partial charge in [0.1, 0.15) is 0 Å². The van der Waals surface area contributed by atoms with Crippen LogP contribution in [0.4, 0.5) is 26.3 Å². The summed E-state index contributed by atoms with van der Waals surface area (Å²) in [4.78, 5) is 29.1. The molecule has 12 heteroatoms. The number of rotatable bonds is 5. The largest absolute Gasteiger partial charge is 0.471 e. The first-order chi connectivity index (χ1) is 18.2. The fraction of sp³-hybridized carbons (Fsp3) is 0.704. The minimum absolute atomic E-state index is 0.0324. The summed E-state index contributed by atoms with van der Waals surface area (Å²) in [6.07, 6.45) is -8.10. The van der Waals surface area contributed by atoms with Crippen molar-refractivity contribution in [3.63, 3.8) is 0 Å². The average molecular weight is 564 g/mol. The molecule has 2 fully saturated rings. The lowest BCUT2D eigenvalue weighted by molar-refractivity contribution is -0.192. The van der Waals surface area contributed by atoms with Gasteiger partial charge in [-0.1, -0.05) is 13.8 Å². The molecule has 2 amide bonds. The summed E-state index contributed by atoms with van der Waals surface area (Å²) in [5.41, 5.74) is 5.36. The van der Waals surface area contributed by atoms with Gasteiger partial charge >= 0.3 is 18.3 Å². The molecule has 1 aromatic rings. The fourth-order valence-electron chi connectivity index (χ4n) is 6.62. The zero-order valence-corrected chi connectivity index (χ0v) is 22.1. The first-order valence-corrected chi connectivity index (χ1v) is 13.4. The summed E-state index contributed by atoms with van der Waals surface area (Å²) >= 11 is 0. The second-order valence-corrected chi connectivity index (χ2v) is 11.2. The third kappa shape index (κ3) is 5.77. The fourth-order valence-corrected chi connectivity index (χ4v) is 6.62. The molecule has 0 aromatic heterocycles. The van der Waals surface area contributed by atoms with Crippen LogP contribution in [0.15, 0.2) is 12.1 Å². The number of benzene rings is 1. The molecule has 6 nitrogen and oxygen atoms in total. The Labute approximate surface area is 223 Å². The van der Waals surface area contributed by atoms with Crippen LogP contribution in [0, 0.1) is 11.3 Å². The molecule has 1 saturated carbocycles. The molecule has 39 heavy (non-hydrogen) atoms. The number of alkyl halides is 6. The SMILES string of the molecule is CC(C)[C@]1(C(=O)N2CCc3c(CN)cc(C(F)(F)F)cc3C2)CC[C@@H](N(C(=O)C(F)(F)F)C2CCOCC2)C1. The van der Waals surface area contributed by atoms with Gasteiger partial charge in [-0.15, -0.1) is 0 Å². The van der Waals surface area contributed by atoms with Crippen molar-refractivity contribution < 1.29 is 40.7 Å². The molecule has 0 radical (unpaired) electrons. The van der Waals surface area contributed by atoms with Crippen molar-refractivity contribution in [2.45, 2.75) is 89.9 Å². The summed E-state index contributed by atoms with van der Waals surface area (Å²) < 4.78 is 86.8. The van der Waals surface area contributed by atoms with Gasteiger partial charge in [-0.2, -0.15) is 26.3 Å². The summed E-state index contributed by atoms with van der Waals surface area (Å²) in [6, 6.07) is 0.706. The zero-order chi connectivity index (χ0) is 28.8. The number of amides is 2. The number of hydrogen-bond acceptors (Lipinski definition) is 4. The number of nitrogens with two attached hydrogens (primary N) is 1. The van der Waals surface area contributed by atoms with Gasteiger partial charge < -0.3 is 20.3 Å². The highest BCUT2D eigenvalue weighted by Gasteiger charge is 2.55. The zero-order valence-electron chi connectivity index (χ0n) is 22.1. The Balaban J connectivity index is 1.61. The van der Waals surface area contributed by atoms with Crippen LogP contribution in [0.1, 0.15) is 68.2 Å². The van der Waals surface area contributed by atoms with Crippen LogP contribution in [0.2, 0.25) is 0 Å². The van der Waals surface area contributed by atoms with Crippen molar-refractivity contribution in [1.82, 2.24) is 9.80 Å². The maximum absolute atomic E-state index is 14.1. The smallest absolute Gasteiger partial charge is 0.381 e. The third-order valence-corrected chi connectivity index (χ3v) is 8.77. The van der Waals surface area contributed by atoms with E-state index >= 15 is 0 Å². The van der Waals surface area contributed by atoms with Gasteiger partial charge in [0.15, 0.2) is 0 Å². The van der Waals surface area contributed by atoms with E-state index in [0.29, 0.717) is 29.5 Å². The van der Waals surface area contributed by atoms with Crippen molar-refractivity contribution in [2.75, 3.05) is 19.8 Å². The molecule has 0 unspecified atom stereocenters. The molecular formula is C27H35F6N3O3. The van der Waals surface area contributed by atoms with Gasteiger partial charge in [-0.05, 0) is 73.3 Å². The molecule has 2 heterocycles. The summed E-state index contributed by atoms with van der Waals surface area (Å²) in [5, 5.41) is 0. The van der Waals surface area contributed by atoms with Crippen molar-refractivity contribution >= 4 is 11.8 Å². The lowest BCUT2D eigenvalue weighted by atomic mass is 9.73. The monoisotopic (exact) mass is 563 g/mol. The lowest BCUT2D eigenvalue weighted by Gasteiger charge is -2.42. The Morgan fingerprint density at radius 2 is 1.77 bits per heavy atom. The van der Waals surface area contributed by atoms with Gasteiger partial charge in [0.25, 0.3) is 0 Å². The van der Waals surface area contributed by atoms with E-state index in [9.17, 15) is 35.9 Å². The summed E-state index contributed by atoms with van der Waals surface area (Å²) in [6.45, 7) is 4.35. The lowest BCUT2D eigenvalue weighted by Crippen LogP contribution is -2.54. The second kappa shape index (κ2) is 10.9. The number of carbonyl (C=O) groups excluding carboxylic acids is 2. The molecule has 0 bridgehead atoms. The predicted molar refractivity (Wildman–Crippen MR) is 130 cm³/mol. The topological polar surface area (TPSA) is 75.9 Å². The van der Waals surface area contributed by atoms with Crippen LogP contribution in [0.5, 0.6) is 0 Å². The molecule has 0 spiro atoms. The number of nitrogens with zero attached hydrogens (tertiary/aromatic N) is 2. The highest BCUT2D eigenvalue weighted by Crippen LogP contribution is 2.49. The predicted octanol–water partition coefficient (Wildman–Crippen LogP) is 4.81. The Kier molecular flexibility index (Phi) is 8.29. The van der Waals surface area contributed by atoms with Crippen LogP contribution >= 0.6 is 0 Å². The first-order valence-electron chi connectivity index (χ1n) is 13.4. The summed E-state index contributed by atoms with van der Waals surface area (Å²) in [5.74, 6) is -2.44. The van der Waals surface area contributed by atoms with E-state index in [2.05, 4.69) is 0 Å². The maximum atomic E-state index is 14.1. The minimum Gasteiger partial charge on any atom is -0.381 e.